The summed E-state index contributed by atoms with van der Waals surface area (Å²) >= 11 is 0. The van der Waals surface area contributed by atoms with E-state index in [0.29, 0.717) is 0 Å². The van der Waals surface area contributed by atoms with Crippen molar-refractivity contribution in [3.05, 3.63) is 71.8 Å². The van der Waals surface area contributed by atoms with Gasteiger partial charge in [-0.05, 0) is 23.5 Å². The molecule has 2 aromatic carbocycles. The lowest BCUT2D eigenvalue weighted by Gasteiger charge is -2.23. The molecule has 4 nitrogen and oxygen atoms in total. The van der Waals surface area contributed by atoms with E-state index in [0.717, 1.165) is 17.5 Å². The van der Waals surface area contributed by atoms with Crippen LogP contribution in [0.5, 0.6) is 0 Å². The molecule has 0 aromatic heterocycles. The molecule has 2 aromatic rings. The molecule has 0 aliphatic carbocycles. The average molecular weight is 338 g/mol. The lowest BCUT2D eigenvalue weighted by atomic mass is 9.96. The molecule has 0 aliphatic heterocycles. The molecule has 0 aliphatic rings. The quantitative estimate of drug-likeness (QED) is 0.788. The molecule has 0 fully saturated rings. The second-order valence-electron chi connectivity index (χ2n) is 6.45. The van der Waals surface area contributed by atoms with Gasteiger partial charge in [-0.25, -0.2) is 0 Å². The Hall–Kier alpha value is -2.62. The first kappa shape index (κ1) is 18.7. The van der Waals surface area contributed by atoms with Crippen molar-refractivity contribution >= 4 is 11.8 Å². The van der Waals surface area contributed by atoms with Crippen LogP contribution in [0.4, 0.5) is 0 Å². The summed E-state index contributed by atoms with van der Waals surface area (Å²) in [5, 5.41) is 5.69. The van der Waals surface area contributed by atoms with Crippen molar-refractivity contribution in [2.45, 2.75) is 39.3 Å². The first-order valence-electron chi connectivity index (χ1n) is 8.74. The van der Waals surface area contributed by atoms with Crippen molar-refractivity contribution in [1.29, 1.82) is 0 Å². The van der Waals surface area contributed by atoms with Crippen LogP contribution in [0.15, 0.2) is 60.7 Å². The SMILES string of the molecule is CC[C@@H](NC(=O)C(=O)N[C@H](c1ccccc1)C(C)C)c1ccccc1. The highest BCUT2D eigenvalue weighted by molar-refractivity contribution is 6.35. The Morgan fingerprint density at radius 3 is 1.76 bits per heavy atom. The fourth-order valence-corrected chi connectivity index (χ4v) is 2.83. The summed E-state index contributed by atoms with van der Waals surface area (Å²) in [5.41, 5.74) is 1.99. The van der Waals surface area contributed by atoms with Crippen molar-refractivity contribution < 1.29 is 9.59 Å². The van der Waals surface area contributed by atoms with E-state index in [1.165, 1.54) is 0 Å². The number of amides is 2. The molecular weight excluding hydrogens is 312 g/mol. The van der Waals surface area contributed by atoms with Crippen LogP contribution in [-0.4, -0.2) is 11.8 Å². The zero-order chi connectivity index (χ0) is 18.2. The topological polar surface area (TPSA) is 58.2 Å². The molecule has 0 bridgehead atoms. The third-order valence-electron chi connectivity index (χ3n) is 4.23. The third kappa shape index (κ3) is 5.18. The summed E-state index contributed by atoms with van der Waals surface area (Å²) in [7, 11) is 0. The highest BCUT2D eigenvalue weighted by Gasteiger charge is 2.24. The van der Waals surface area contributed by atoms with Crippen LogP contribution < -0.4 is 10.6 Å². The van der Waals surface area contributed by atoms with Crippen molar-refractivity contribution in [2.75, 3.05) is 0 Å². The van der Waals surface area contributed by atoms with Crippen molar-refractivity contribution in [2.24, 2.45) is 5.92 Å². The molecule has 0 spiro atoms. The van der Waals surface area contributed by atoms with E-state index >= 15 is 0 Å². The minimum Gasteiger partial charge on any atom is -0.341 e. The summed E-state index contributed by atoms with van der Waals surface area (Å²) in [6.45, 7) is 6.03. The monoisotopic (exact) mass is 338 g/mol. The smallest absolute Gasteiger partial charge is 0.309 e. The summed E-state index contributed by atoms with van der Waals surface area (Å²) in [4.78, 5) is 24.7. The highest BCUT2D eigenvalue weighted by atomic mass is 16.2. The number of rotatable bonds is 6. The Kier molecular flexibility index (Phi) is 6.75. The van der Waals surface area contributed by atoms with Crippen molar-refractivity contribution in [3.63, 3.8) is 0 Å². The Morgan fingerprint density at radius 1 is 0.800 bits per heavy atom. The fourth-order valence-electron chi connectivity index (χ4n) is 2.83. The molecule has 0 saturated carbocycles. The minimum absolute atomic E-state index is 0.173. The molecule has 0 unspecified atom stereocenters. The fraction of sp³-hybridized carbons (Fsp3) is 0.333. The first-order chi connectivity index (χ1) is 12.0. The molecule has 0 heterocycles. The maximum atomic E-state index is 12.4. The Morgan fingerprint density at radius 2 is 1.28 bits per heavy atom. The van der Waals surface area contributed by atoms with E-state index in [2.05, 4.69) is 10.6 Å². The van der Waals surface area contributed by atoms with Crippen LogP contribution in [0.25, 0.3) is 0 Å². The summed E-state index contributed by atoms with van der Waals surface area (Å²) in [5.74, 6) is -1.02. The summed E-state index contributed by atoms with van der Waals surface area (Å²) in [6, 6.07) is 19.0. The van der Waals surface area contributed by atoms with Gasteiger partial charge >= 0.3 is 11.8 Å². The zero-order valence-corrected chi connectivity index (χ0v) is 15.0. The molecule has 2 N–H and O–H groups in total. The van der Waals surface area contributed by atoms with Gasteiger partial charge in [0.15, 0.2) is 0 Å². The highest BCUT2D eigenvalue weighted by Crippen LogP contribution is 2.21. The largest absolute Gasteiger partial charge is 0.341 e. The van der Waals surface area contributed by atoms with Gasteiger partial charge in [-0.15, -0.1) is 0 Å². The van der Waals surface area contributed by atoms with E-state index in [-0.39, 0.29) is 18.0 Å². The van der Waals surface area contributed by atoms with Crippen molar-refractivity contribution in [3.8, 4) is 0 Å². The molecule has 0 radical (unpaired) electrons. The predicted octanol–water partition coefficient (Wildman–Crippen LogP) is 3.77. The third-order valence-corrected chi connectivity index (χ3v) is 4.23. The Bertz CT molecular complexity index is 684. The van der Waals surface area contributed by atoms with Gasteiger partial charge < -0.3 is 10.6 Å². The van der Waals surface area contributed by atoms with Crippen LogP contribution in [0, 0.1) is 5.92 Å². The number of carbonyl (C=O) groups is 2. The van der Waals surface area contributed by atoms with E-state index in [1.807, 2.05) is 81.4 Å². The average Bonchev–Trinajstić information content (AvgIpc) is 2.64. The molecule has 2 amide bonds. The second kappa shape index (κ2) is 9.02. The van der Waals surface area contributed by atoms with Gasteiger partial charge in [0.25, 0.3) is 0 Å². The molecule has 0 saturated heterocycles. The normalized spacial score (nSPS) is 13.1. The van der Waals surface area contributed by atoms with Gasteiger partial charge in [-0.3, -0.25) is 9.59 Å². The van der Waals surface area contributed by atoms with Crippen LogP contribution in [0.1, 0.15) is 50.4 Å². The first-order valence-corrected chi connectivity index (χ1v) is 8.74. The maximum Gasteiger partial charge on any atom is 0.309 e. The number of nitrogens with one attached hydrogen (secondary N) is 2. The summed E-state index contributed by atoms with van der Waals surface area (Å²) in [6.07, 6.45) is 0.718. The van der Waals surface area contributed by atoms with Gasteiger partial charge in [0.1, 0.15) is 0 Å². The van der Waals surface area contributed by atoms with Gasteiger partial charge in [-0.1, -0.05) is 81.4 Å². The maximum absolute atomic E-state index is 12.4. The lowest BCUT2D eigenvalue weighted by molar-refractivity contribution is -0.140. The molecule has 4 heteroatoms. The minimum atomic E-state index is -0.600. The van der Waals surface area contributed by atoms with Crippen LogP contribution in [0.2, 0.25) is 0 Å². The van der Waals surface area contributed by atoms with Gasteiger partial charge in [0.05, 0.1) is 12.1 Å². The van der Waals surface area contributed by atoms with Gasteiger partial charge in [-0.2, -0.15) is 0 Å². The number of hydrogen-bond donors (Lipinski definition) is 2. The standard InChI is InChI=1S/C21H26N2O2/c1-4-18(16-11-7-5-8-12-16)22-20(24)21(25)23-19(15(2)3)17-13-9-6-10-14-17/h5-15,18-19H,4H2,1-3H3,(H,22,24)(H,23,25)/t18-,19+/m1/s1. The number of carbonyl (C=O) groups excluding carboxylic acids is 2. The lowest BCUT2D eigenvalue weighted by Crippen LogP contribution is -2.43. The molecule has 132 valence electrons. The van der Waals surface area contributed by atoms with Gasteiger partial charge in [0.2, 0.25) is 0 Å². The zero-order valence-electron chi connectivity index (χ0n) is 15.0. The Balaban J connectivity index is 2.04. The molecule has 2 atom stereocenters. The molecule has 25 heavy (non-hydrogen) atoms. The van der Waals surface area contributed by atoms with Crippen LogP contribution in [-0.2, 0) is 9.59 Å². The number of hydrogen-bond acceptors (Lipinski definition) is 2. The van der Waals surface area contributed by atoms with E-state index in [4.69, 9.17) is 0 Å². The van der Waals surface area contributed by atoms with E-state index in [1.54, 1.807) is 0 Å². The van der Waals surface area contributed by atoms with E-state index in [9.17, 15) is 9.59 Å². The summed E-state index contributed by atoms with van der Waals surface area (Å²) < 4.78 is 0. The van der Waals surface area contributed by atoms with Crippen LogP contribution >= 0.6 is 0 Å². The molecule has 2 rings (SSSR count). The van der Waals surface area contributed by atoms with Gasteiger partial charge in [0, 0.05) is 0 Å². The molecular formula is C21H26N2O2. The Labute approximate surface area is 149 Å². The van der Waals surface area contributed by atoms with E-state index < -0.39 is 11.8 Å². The van der Waals surface area contributed by atoms with Crippen LogP contribution in [0.3, 0.4) is 0 Å². The predicted molar refractivity (Wildman–Crippen MR) is 99.8 cm³/mol. The van der Waals surface area contributed by atoms with Crippen molar-refractivity contribution in [1.82, 2.24) is 10.6 Å². The number of benzene rings is 2. The second-order valence-corrected chi connectivity index (χ2v) is 6.45.